The van der Waals surface area contributed by atoms with Gasteiger partial charge in [-0.1, -0.05) is 41.4 Å². The van der Waals surface area contributed by atoms with Gasteiger partial charge in [0.2, 0.25) is 0 Å². The fourth-order valence-electron chi connectivity index (χ4n) is 3.57. The Labute approximate surface area is 198 Å². The molecule has 0 atom stereocenters. The number of hydrogen-bond acceptors (Lipinski definition) is 4. The summed E-state index contributed by atoms with van der Waals surface area (Å²) in [4.78, 5) is 12.8. The molecule has 0 spiro atoms. The Bertz CT molecular complexity index is 1290. The molecule has 0 aliphatic heterocycles. The van der Waals surface area contributed by atoms with E-state index in [9.17, 15) is 4.79 Å². The number of anilines is 1. The van der Waals surface area contributed by atoms with Crippen molar-refractivity contribution in [2.75, 3.05) is 5.32 Å². The molecule has 1 N–H and O–H groups in total. The van der Waals surface area contributed by atoms with Crippen LogP contribution in [0.3, 0.4) is 0 Å². The quantitative estimate of drug-likeness (QED) is 0.352. The number of rotatable bonds is 7. The highest BCUT2D eigenvalue weighted by Gasteiger charge is 2.18. The number of carbonyl (C=O) groups is 1. The molecule has 2 aromatic carbocycles. The minimum atomic E-state index is -0.329. The molecule has 4 aromatic rings. The van der Waals surface area contributed by atoms with Crippen LogP contribution in [-0.2, 0) is 13.2 Å². The molecule has 0 bridgehead atoms. The van der Waals surface area contributed by atoms with E-state index in [2.05, 4.69) is 41.6 Å². The zero-order valence-corrected chi connectivity index (χ0v) is 19.9. The first kappa shape index (κ1) is 22.7. The lowest BCUT2D eigenvalue weighted by Crippen LogP contribution is -2.12. The van der Waals surface area contributed by atoms with E-state index in [4.69, 9.17) is 20.8 Å². The fourth-order valence-corrected chi connectivity index (χ4v) is 3.80. The molecule has 0 fully saturated rings. The van der Waals surface area contributed by atoms with Gasteiger partial charge in [0, 0.05) is 5.02 Å². The molecule has 2 aromatic heterocycles. The second kappa shape index (κ2) is 9.55. The van der Waals surface area contributed by atoms with E-state index in [0.29, 0.717) is 28.8 Å². The standard InChI is InChI=1S/C26H26ClN3O3/c1-16-5-7-20(8-6-16)14-30-19(4)25(18(3)29-30)28-26(31)24-12-10-22(33-24)15-32-23-11-9-21(27)13-17(23)2/h5-13H,14-15H2,1-4H3,(H,28,31). The number of nitrogens with zero attached hydrogens (tertiary/aromatic N) is 2. The number of nitrogens with one attached hydrogen (secondary N) is 1. The highest BCUT2D eigenvalue weighted by atomic mass is 35.5. The molecule has 1 amide bonds. The van der Waals surface area contributed by atoms with Crippen molar-refractivity contribution >= 4 is 23.2 Å². The number of hydrogen-bond donors (Lipinski definition) is 1. The third-order valence-corrected chi connectivity index (χ3v) is 5.70. The number of benzene rings is 2. The van der Waals surface area contributed by atoms with Crippen LogP contribution < -0.4 is 10.1 Å². The predicted molar refractivity (Wildman–Crippen MR) is 129 cm³/mol. The van der Waals surface area contributed by atoms with Crippen molar-refractivity contribution in [1.29, 1.82) is 0 Å². The van der Waals surface area contributed by atoms with Gasteiger partial charge in [-0.05, 0) is 69.2 Å². The summed E-state index contributed by atoms with van der Waals surface area (Å²) in [7, 11) is 0. The van der Waals surface area contributed by atoms with E-state index in [0.717, 1.165) is 22.5 Å². The van der Waals surface area contributed by atoms with Crippen molar-refractivity contribution in [2.45, 2.75) is 40.8 Å². The van der Waals surface area contributed by atoms with Crippen molar-refractivity contribution in [3.8, 4) is 5.75 Å². The number of ether oxygens (including phenoxy) is 1. The van der Waals surface area contributed by atoms with Crippen molar-refractivity contribution < 1.29 is 13.9 Å². The molecule has 0 aliphatic rings. The number of halogens is 1. The molecule has 0 saturated carbocycles. The zero-order chi connectivity index (χ0) is 23.5. The van der Waals surface area contributed by atoms with Crippen LogP contribution in [0.1, 0.15) is 44.4 Å². The summed E-state index contributed by atoms with van der Waals surface area (Å²) in [6.45, 7) is 8.65. The summed E-state index contributed by atoms with van der Waals surface area (Å²) < 4.78 is 13.4. The average molecular weight is 464 g/mol. The maximum Gasteiger partial charge on any atom is 0.291 e. The summed E-state index contributed by atoms with van der Waals surface area (Å²) in [5.41, 5.74) is 5.62. The molecule has 6 nitrogen and oxygen atoms in total. The first-order valence-corrected chi connectivity index (χ1v) is 11.1. The Hall–Kier alpha value is -3.51. The van der Waals surface area contributed by atoms with Crippen LogP contribution in [0.15, 0.2) is 59.0 Å². The normalized spacial score (nSPS) is 10.9. The molecule has 0 unspecified atom stereocenters. The second-order valence-corrected chi connectivity index (χ2v) is 8.54. The van der Waals surface area contributed by atoms with Crippen molar-refractivity contribution in [1.82, 2.24) is 9.78 Å². The fraction of sp³-hybridized carbons (Fsp3) is 0.231. The summed E-state index contributed by atoms with van der Waals surface area (Å²) in [6, 6.07) is 17.1. The van der Waals surface area contributed by atoms with E-state index in [1.807, 2.05) is 37.6 Å². The van der Waals surface area contributed by atoms with Gasteiger partial charge in [-0.15, -0.1) is 0 Å². The van der Waals surface area contributed by atoms with Gasteiger partial charge in [-0.2, -0.15) is 5.10 Å². The van der Waals surface area contributed by atoms with Gasteiger partial charge in [0.25, 0.3) is 5.91 Å². The second-order valence-electron chi connectivity index (χ2n) is 8.11. The van der Waals surface area contributed by atoms with Crippen LogP contribution >= 0.6 is 11.6 Å². The molecule has 33 heavy (non-hydrogen) atoms. The summed E-state index contributed by atoms with van der Waals surface area (Å²) >= 11 is 5.98. The number of carbonyl (C=O) groups excluding carboxylic acids is 1. The lowest BCUT2D eigenvalue weighted by Gasteiger charge is -2.08. The van der Waals surface area contributed by atoms with Crippen molar-refractivity contribution in [2.24, 2.45) is 0 Å². The Kier molecular flexibility index (Phi) is 6.56. The van der Waals surface area contributed by atoms with Crippen LogP contribution in [0.25, 0.3) is 0 Å². The van der Waals surface area contributed by atoms with E-state index in [1.165, 1.54) is 5.56 Å². The first-order chi connectivity index (χ1) is 15.8. The van der Waals surface area contributed by atoms with Crippen molar-refractivity contribution in [3.05, 3.63) is 99.2 Å². The Balaban J connectivity index is 1.42. The molecule has 7 heteroatoms. The zero-order valence-electron chi connectivity index (χ0n) is 19.1. The largest absolute Gasteiger partial charge is 0.485 e. The van der Waals surface area contributed by atoms with Gasteiger partial charge in [0.15, 0.2) is 5.76 Å². The third kappa shape index (κ3) is 5.29. The predicted octanol–water partition coefficient (Wildman–Crippen LogP) is 6.24. The SMILES string of the molecule is Cc1ccc(Cn2nc(C)c(NC(=O)c3ccc(COc4ccc(Cl)cc4C)o3)c2C)cc1. The molecule has 4 rings (SSSR count). The number of aromatic nitrogens is 2. The summed E-state index contributed by atoms with van der Waals surface area (Å²) in [6.07, 6.45) is 0. The Morgan fingerprint density at radius 1 is 1.06 bits per heavy atom. The Morgan fingerprint density at radius 2 is 1.82 bits per heavy atom. The molecular formula is C26H26ClN3O3. The van der Waals surface area contributed by atoms with Crippen LogP contribution in [0.2, 0.25) is 5.02 Å². The van der Waals surface area contributed by atoms with Gasteiger partial charge in [-0.25, -0.2) is 0 Å². The summed E-state index contributed by atoms with van der Waals surface area (Å²) in [5, 5.41) is 8.20. The van der Waals surface area contributed by atoms with Crippen LogP contribution in [0.4, 0.5) is 5.69 Å². The van der Waals surface area contributed by atoms with E-state index in [-0.39, 0.29) is 18.3 Å². The maximum atomic E-state index is 12.8. The van der Waals surface area contributed by atoms with E-state index < -0.39 is 0 Å². The third-order valence-electron chi connectivity index (χ3n) is 5.47. The summed E-state index contributed by atoms with van der Waals surface area (Å²) in [5.74, 6) is 1.16. The van der Waals surface area contributed by atoms with Crippen molar-refractivity contribution in [3.63, 3.8) is 0 Å². The van der Waals surface area contributed by atoms with Gasteiger partial charge in [0.05, 0.1) is 23.6 Å². The lowest BCUT2D eigenvalue weighted by atomic mass is 10.1. The van der Waals surface area contributed by atoms with Crippen LogP contribution in [0.5, 0.6) is 5.75 Å². The number of aryl methyl sites for hydroxylation is 3. The van der Waals surface area contributed by atoms with E-state index in [1.54, 1.807) is 18.2 Å². The maximum absolute atomic E-state index is 12.8. The monoisotopic (exact) mass is 463 g/mol. The molecule has 0 saturated heterocycles. The minimum absolute atomic E-state index is 0.211. The van der Waals surface area contributed by atoms with Gasteiger partial charge >= 0.3 is 0 Å². The van der Waals surface area contributed by atoms with E-state index >= 15 is 0 Å². The smallest absolute Gasteiger partial charge is 0.291 e. The highest BCUT2D eigenvalue weighted by Crippen LogP contribution is 2.24. The average Bonchev–Trinajstić information content (AvgIpc) is 3.35. The first-order valence-electron chi connectivity index (χ1n) is 10.7. The molecule has 2 heterocycles. The molecule has 170 valence electrons. The molecule has 0 aliphatic carbocycles. The van der Waals surface area contributed by atoms with Gasteiger partial charge in [0.1, 0.15) is 18.1 Å². The molecular weight excluding hydrogens is 438 g/mol. The van der Waals surface area contributed by atoms with Crippen LogP contribution in [-0.4, -0.2) is 15.7 Å². The minimum Gasteiger partial charge on any atom is -0.485 e. The van der Waals surface area contributed by atoms with Crippen LogP contribution in [0, 0.1) is 27.7 Å². The highest BCUT2D eigenvalue weighted by molar-refractivity contribution is 6.30. The number of amides is 1. The topological polar surface area (TPSA) is 69.3 Å². The lowest BCUT2D eigenvalue weighted by molar-refractivity contribution is 0.0992. The van der Waals surface area contributed by atoms with Gasteiger partial charge in [-0.3, -0.25) is 9.48 Å². The number of furan rings is 1. The van der Waals surface area contributed by atoms with Gasteiger partial charge < -0.3 is 14.5 Å². The molecule has 0 radical (unpaired) electrons. The Morgan fingerprint density at radius 3 is 2.55 bits per heavy atom.